The minimum Gasteiger partial charge on any atom is -0.353 e. The Labute approximate surface area is 125 Å². The third kappa shape index (κ3) is 5.13. The molecule has 6 heteroatoms. The minimum atomic E-state index is 0.0260. The van der Waals surface area contributed by atoms with Crippen LogP contribution in [0.3, 0.4) is 0 Å². The molecule has 0 saturated carbocycles. The molecule has 1 aliphatic heterocycles. The van der Waals surface area contributed by atoms with Crippen molar-refractivity contribution >= 4 is 11.8 Å². The van der Waals surface area contributed by atoms with Gasteiger partial charge in [0.2, 0.25) is 11.8 Å². The molecule has 2 rings (SSSR count). The molecule has 21 heavy (non-hydrogen) atoms. The van der Waals surface area contributed by atoms with Crippen molar-refractivity contribution in [3.8, 4) is 0 Å². The molecular formula is C15H22N4O2. The maximum absolute atomic E-state index is 11.8. The summed E-state index contributed by atoms with van der Waals surface area (Å²) in [5.74, 6) is 0.240. The Morgan fingerprint density at radius 1 is 1.48 bits per heavy atom. The molecule has 1 saturated heterocycles. The zero-order valence-electron chi connectivity index (χ0n) is 12.4. The van der Waals surface area contributed by atoms with Crippen LogP contribution in [0.25, 0.3) is 0 Å². The number of aromatic nitrogens is 2. The van der Waals surface area contributed by atoms with Crippen molar-refractivity contribution in [2.45, 2.75) is 45.1 Å². The highest BCUT2D eigenvalue weighted by molar-refractivity contribution is 5.78. The lowest BCUT2D eigenvalue weighted by molar-refractivity contribution is -0.128. The van der Waals surface area contributed by atoms with Crippen LogP contribution in [0.2, 0.25) is 0 Å². The van der Waals surface area contributed by atoms with Crippen LogP contribution in [-0.2, 0) is 16.0 Å². The zero-order chi connectivity index (χ0) is 15.1. The van der Waals surface area contributed by atoms with Crippen molar-refractivity contribution in [3.63, 3.8) is 0 Å². The number of nitrogens with zero attached hydrogens (tertiary/aromatic N) is 3. The summed E-state index contributed by atoms with van der Waals surface area (Å²) in [6, 6.07) is 0.0302. The summed E-state index contributed by atoms with van der Waals surface area (Å²) in [5.41, 5.74) is 0.868. The maximum Gasteiger partial charge on any atom is 0.222 e. The van der Waals surface area contributed by atoms with Gasteiger partial charge in [-0.05, 0) is 19.8 Å². The lowest BCUT2D eigenvalue weighted by Crippen LogP contribution is -2.35. The van der Waals surface area contributed by atoms with E-state index in [9.17, 15) is 9.59 Å². The van der Waals surface area contributed by atoms with Gasteiger partial charge in [0.05, 0.1) is 5.69 Å². The Bertz CT molecular complexity index is 478. The molecule has 114 valence electrons. The molecule has 1 atom stereocenters. The van der Waals surface area contributed by atoms with Crippen LogP contribution in [-0.4, -0.2) is 45.8 Å². The summed E-state index contributed by atoms with van der Waals surface area (Å²) in [5, 5.41) is 2.95. The second kappa shape index (κ2) is 7.71. The standard InChI is InChI=1S/C15H22N4O2/c1-12(10-13-11-16-6-7-17-13)18-14(20)4-2-8-19-9-3-5-15(19)21/h6-7,11-12H,2-5,8-10H2,1H3,(H,18,20). The molecule has 1 fully saturated rings. The van der Waals surface area contributed by atoms with Crippen LogP contribution in [0, 0.1) is 0 Å². The molecule has 2 heterocycles. The first-order valence-corrected chi connectivity index (χ1v) is 7.47. The largest absolute Gasteiger partial charge is 0.353 e. The minimum absolute atomic E-state index is 0.0260. The molecule has 1 aromatic heterocycles. The van der Waals surface area contributed by atoms with Crippen molar-refractivity contribution in [1.82, 2.24) is 20.2 Å². The molecule has 0 aliphatic carbocycles. The van der Waals surface area contributed by atoms with E-state index in [-0.39, 0.29) is 17.9 Å². The van der Waals surface area contributed by atoms with Crippen LogP contribution < -0.4 is 5.32 Å². The second-order valence-corrected chi connectivity index (χ2v) is 5.46. The highest BCUT2D eigenvalue weighted by atomic mass is 16.2. The van der Waals surface area contributed by atoms with Crippen molar-refractivity contribution in [2.24, 2.45) is 0 Å². The number of carbonyl (C=O) groups is 2. The number of nitrogens with one attached hydrogen (secondary N) is 1. The Kier molecular flexibility index (Phi) is 5.66. The van der Waals surface area contributed by atoms with E-state index in [1.807, 2.05) is 11.8 Å². The number of amides is 2. The average molecular weight is 290 g/mol. The molecule has 1 unspecified atom stereocenters. The van der Waals surface area contributed by atoms with Gasteiger partial charge in [0.1, 0.15) is 0 Å². The molecule has 2 amide bonds. The van der Waals surface area contributed by atoms with Gasteiger partial charge in [-0.2, -0.15) is 0 Å². The molecular weight excluding hydrogens is 268 g/mol. The van der Waals surface area contributed by atoms with Crippen LogP contribution >= 0.6 is 0 Å². The van der Waals surface area contributed by atoms with Crippen molar-refractivity contribution in [2.75, 3.05) is 13.1 Å². The summed E-state index contributed by atoms with van der Waals surface area (Å²) in [6.45, 7) is 3.48. The monoisotopic (exact) mass is 290 g/mol. The fourth-order valence-corrected chi connectivity index (χ4v) is 2.52. The Balaban J connectivity index is 1.63. The number of carbonyl (C=O) groups excluding carboxylic acids is 2. The SMILES string of the molecule is CC(Cc1cnccn1)NC(=O)CCCN1CCCC1=O. The van der Waals surface area contributed by atoms with Gasteiger partial charge >= 0.3 is 0 Å². The van der Waals surface area contributed by atoms with Crippen LogP contribution in [0.15, 0.2) is 18.6 Å². The highest BCUT2D eigenvalue weighted by Gasteiger charge is 2.19. The van der Waals surface area contributed by atoms with E-state index < -0.39 is 0 Å². The first-order chi connectivity index (χ1) is 10.1. The number of likely N-dealkylation sites (tertiary alicyclic amines) is 1. The topological polar surface area (TPSA) is 75.2 Å². The first-order valence-electron chi connectivity index (χ1n) is 7.47. The summed E-state index contributed by atoms with van der Waals surface area (Å²) in [7, 11) is 0. The fraction of sp³-hybridized carbons (Fsp3) is 0.600. The quantitative estimate of drug-likeness (QED) is 0.810. The van der Waals surface area contributed by atoms with Crippen molar-refractivity contribution in [3.05, 3.63) is 24.3 Å². The van der Waals surface area contributed by atoms with Gasteiger partial charge in [-0.1, -0.05) is 0 Å². The van der Waals surface area contributed by atoms with E-state index in [0.717, 1.165) is 25.1 Å². The summed E-state index contributed by atoms with van der Waals surface area (Å²) in [6.07, 6.45) is 8.43. The maximum atomic E-state index is 11.8. The Hall–Kier alpha value is -1.98. The molecule has 1 aliphatic rings. The van der Waals surface area contributed by atoms with Gasteiger partial charge in [0.15, 0.2) is 0 Å². The van der Waals surface area contributed by atoms with E-state index in [2.05, 4.69) is 15.3 Å². The van der Waals surface area contributed by atoms with Gasteiger partial charge in [0.25, 0.3) is 0 Å². The van der Waals surface area contributed by atoms with E-state index in [1.165, 1.54) is 0 Å². The molecule has 0 bridgehead atoms. The van der Waals surface area contributed by atoms with Gasteiger partial charge < -0.3 is 10.2 Å². The second-order valence-electron chi connectivity index (χ2n) is 5.46. The normalized spacial score (nSPS) is 16.0. The third-order valence-corrected chi connectivity index (χ3v) is 3.54. The van der Waals surface area contributed by atoms with Gasteiger partial charge in [-0.25, -0.2) is 0 Å². The molecule has 0 spiro atoms. The summed E-state index contributed by atoms with van der Waals surface area (Å²) >= 11 is 0. The van der Waals surface area contributed by atoms with Gasteiger partial charge in [-0.3, -0.25) is 19.6 Å². The van der Waals surface area contributed by atoms with E-state index in [4.69, 9.17) is 0 Å². The van der Waals surface area contributed by atoms with E-state index in [1.54, 1.807) is 18.6 Å². The number of hydrogen-bond acceptors (Lipinski definition) is 4. The van der Waals surface area contributed by atoms with Crippen LogP contribution in [0.1, 0.15) is 38.3 Å². The van der Waals surface area contributed by atoms with Crippen LogP contribution in [0.5, 0.6) is 0 Å². The molecule has 1 N–H and O–H groups in total. The fourth-order valence-electron chi connectivity index (χ4n) is 2.52. The smallest absolute Gasteiger partial charge is 0.222 e. The number of rotatable bonds is 7. The Morgan fingerprint density at radius 2 is 2.33 bits per heavy atom. The third-order valence-electron chi connectivity index (χ3n) is 3.54. The number of hydrogen-bond donors (Lipinski definition) is 1. The average Bonchev–Trinajstić information content (AvgIpc) is 2.85. The summed E-state index contributed by atoms with van der Waals surface area (Å²) < 4.78 is 0. The molecule has 0 radical (unpaired) electrons. The predicted molar refractivity (Wildman–Crippen MR) is 78.4 cm³/mol. The summed E-state index contributed by atoms with van der Waals surface area (Å²) in [4.78, 5) is 33.3. The molecule has 1 aromatic rings. The van der Waals surface area contributed by atoms with Crippen molar-refractivity contribution in [1.29, 1.82) is 0 Å². The van der Waals surface area contributed by atoms with Crippen molar-refractivity contribution < 1.29 is 9.59 Å². The lowest BCUT2D eigenvalue weighted by atomic mass is 10.2. The Morgan fingerprint density at radius 3 is 3.00 bits per heavy atom. The van der Waals surface area contributed by atoms with E-state index in [0.29, 0.717) is 25.8 Å². The zero-order valence-corrected chi connectivity index (χ0v) is 12.4. The molecule has 6 nitrogen and oxygen atoms in total. The highest BCUT2D eigenvalue weighted by Crippen LogP contribution is 2.10. The van der Waals surface area contributed by atoms with Gasteiger partial charge in [-0.15, -0.1) is 0 Å². The van der Waals surface area contributed by atoms with Crippen LogP contribution in [0.4, 0.5) is 0 Å². The van der Waals surface area contributed by atoms with Gasteiger partial charge in [0, 0.05) is 57.0 Å². The van der Waals surface area contributed by atoms with E-state index >= 15 is 0 Å². The first kappa shape index (κ1) is 15.4. The lowest BCUT2D eigenvalue weighted by Gasteiger charge is -2.16. The predicted octanol–water partition coefficient (Wildman–Crippen LogP) is 0.926. The molecule has 0 aromatic carbocycles.